The van der Waals surface area contributed by atoms with Gasteiger partial charge in [-0.05, 0) is 60.9 Å². The van der Waals surface area contributed by atoms with Crippen LogP contribution in [-0.2, 0) is 6.18 Å². The Labute approximate surface area is 259 Å². The highest BCUT2D eigenvalue weighted by Crippen LogP contribution is 2.32. The van der Waals surface area contributed by atoms with E-state index in [1.54, 1.807) is 6.07 Å². The van der Waals surface area contributed by atoms with Gasteiger partial charge in [-0.3, -0.25) is 4.79 Å². The molecule has 0 fully saturated rings. The number of rotatable bonds is 7. The van der Waals surface area contributed by atoms with Gasteiger partial charge in [-0.2, -0.15) is 13.2 Å². The summed E-state index contributed by atoms with van der Waals surface area (Å²) in [7, 11) is 0. The molecule has 15 heteroatoms. The second-order valence-electron chi connectivity index (χ2n) is 9.50. The third-order valence-electron chi connectivity index (χ3n) is 6.07. The Hall–Kier alpha value is -5.34. The van der Waals surface area contributed by atoms with Crippen LogP contribution in [0.2, 0.25) is 0 Å². The Morgan fingerprint density at radius 1 is 0.848 bits per heavy atom. The quantitative estimate of drug-likeness (QED) is 0.126. The van der Waals surface area contributed by atoms with Gasteiger partial charge in [0.2, 0.25) is 5.56 Å². The number of carboxylic acid groups (broad SMARTS) is 2. The molecule has 246 valence electrons. The first-order valence-electron chi connectivity index (χ1n) is 13.5. The molecule has 0 aliphatic rings. The van der Waals surface area contributed by atoms with E-state index in [0.29, 0.717) is 18.0 Å². The molecule has 0 amide bonds. The van der Waals surface area contributed by atoms with Crippen LogP contribution in [-0.4, -0.2) is 32.1 Å². The molecule has 0 aliphatic heterocycles. The SMILES string of the molecule is CC.CC(C)c1cc(F)ccc1Nc1ccc(=O)[nH]c1C(=O)O.Cc1c(Nc2cnc(C(F)(F)F)cc2C(=O)O)ccc(F)c1F. The normalized spacial score (nSPS) is 10.7. The van der Waals surface area contributed by atoms with Crippen molar-refractivity contribution in [1.29, 1.82) is 0 Å². The standard InChI is InChI=1S/C15H15FN2O3.C14H9F5N2O2.C2H6/c1-8(2)10-7-9(16)3-4-11(10)17-12-5-6-13(19)18-14(12)15(20)21;1-6-9(3-2-8(15)12(6)16)21-10-5-20-11(14(17,18)19)4-7(10)13(22)23;1-2/h3-8,17H,1-2H3,(H,18,19)(H,20,21);2-5,21H,1H3,(H,22,23);1-2H3. The number of nitrogens with one attached hydrogen (secondary N) is 3. The highest BCUT2D eigenvalue weighted by Gasteiger charge is 2.34. The highest BCUT2D eigenvalue weighted by atomic mass is 19.4. The van der Waals surface area contributed by atoms with E-state index in [9.17, 15) is 40.7 Å². The molecular weight excluding hydrogens is 622 g/mol. The van der Waals surface area contributed by atoms with Gasteiger partial charge >= 0.3 is 18.1 Å². The van der Waals surface area contributed by atoms with E-state index < -0.39 is 46.6 Å². The van der Waals surface area contributed by atoms with Crippen LogP contribution in [0.4, 0.5) is 49.1 Å². The first kappa shape index (κ1) is 36.8. The van der Waals surface area contributed by atoms with Crippen molar-refractivity contribution in [3.8, 4) is 0 Å². The van der Waals surface area contributed by atoms with Crippen LogP contribution in [0.15, 0.2) is 59.5 Å². The molecule has 4 aromatic rings. The van der Waals surface area contributed by atoms with Gasteiger partial charge in [0.15, 0.2) is 17.3 Å². The van der Waals surface area contributed by atoms with Gasteiger partial charge in [-0.15, -0.1) is 0 Å². The molecule has 0 spiro atoms. The summed E-state index contributed by atoms with van der Waals surface area (Å²) in [5.74, 6) is -5.42. The topological polar surface area (TPSA) is 144 Å². The van der Waals surface area contributed by atoms with Gasteiger partial charge in [0.1, 0.15) is 11.5 Å². The summed E-state index contributed by atoms with van der Waals surface area (Å²) >= 11 is 0. The van der Waals surface area contributed by atoms with Crippen molar-refractivity contribution in [2.24, 2.45) is 0 Å². The largest absolute Gasteiger partial charge is 0.478 e. The number of carboxylic acids is 2. The summed E-state index contributed by atoms with van der Waals surface area (Å²) in [6.07, 6.45) is -4.13. The number of benzene rings is 2. The molecule has 0 unspecified atom stereocenters. The average Bonchev–Trinajstić information content (AvgIpc) is 2.99. The number of hydrogen-bond acceptors (Lipinski definition) is 6. The molecule has 0 saturated heterocycles. The number of pyridine rings is 2. The number of hydrogen-bond donors (Lipinski definition) is 5. The van der Waals surface area contributed by atoms with E-state index in [1.807, 2.05) is 27.7 Å². The molecule has 2 aromatic heterocycles. The molecule has 9 nitrogen and oxygen atoms in total. The lowest BCUT2D eigenvalue weighted by Gasteiger charge is -2.16. The molecule has 46 heavy (non-hydrogen) atoms. The number of H-pyrrole nitrogens is 1. The average molecular weight is 653 g/mol. The second-order valence-corrected chi connectivity index (χ2v) is 9.50. The van der Waals surface area contributed by atoms with Gasteiger partial charge in [0, 0.05) is 23.0 Å². The minimum Gasteiger partial charge on any atom is -0.478 e. The van der Waals surface area contributed by atoms with Crippen LogP contribution in [0.1, 0.15) is 71.3 Å². The maximum atomic E-state index is 13.5. The maximum Gasteiger partial charge on any atom is 0.433 e. The highest BCUT2D eigenvalue weighted by molar-refractivity contribution is 5.95. The summed E-state index contributed by atoms with van der Waals surface area (Å²) in [6.45, 7) is 9.05. The fraction of sp³-hybridized carbons (Fsp3) is 0.226. The fourth-order valence-corrected chi connectivity index (χ4v) is 3.84. The molecule has 0 aliphatic carbocycles. The van der Waals surface area contributed by atoms with E-state index in [2.05, 4.69) is 20.6 Å². The van der Waals surface area contributed by atoms with Crippen molar-refractivity contribution >= 4 is 34.7 Å². The third kappa shape index (κ3) is 9.33. The Kier molecular flexibility index (Phi) is 12.5. The minimum atomic E-state index is -4.80. The molecule has 4 rings (SSSR count). The minimum absolute atomic E-state index is 0.00737. The Bertz CT molecular complexity index is 1770. The number of alkyl halides is 3. The van der Waals surface area contributed by atoms with Crippen molar-refractivity contribution < 1.29 is 46.1 Å². The van der Waals surface area contributed by atoms with E-state index in [0.717, 1.165) is 17.7 Å². The number of carbonyl (C=O) groups is 2. The molecule has 5 N–H and O–H groups in total. The molecule has 0 bridgehead atoms. The number of aromatic amines is 1. The summed E-state index contributed by atoms with van der Waals surface area (Å²) in [5.41, 5.74) is -1.66. The van der Waals surface area contributed by atoms with E-state index in [1.165, 1.54) is 31.2 Å². The Morgan fingerprint density at radius 2 is 1.43 bits per heavy atom. The van der Waals surface area contributed by atoms with Crippen LogP contribution in [0, 0.1) is 24.4 Å². The Morgan fingerprint density at radius 3 is 2.00 bits per heavy atom. The van der Waals surface area contributed by atoms with Gasteiger partial charge in [0.25, 0.3) is 0 Å². The maximum absolute atomic E-state index is 13.5. The molecule has 0 saturated carbocycles. The van der Waals surface area contributed by atoms with Crippen LogP contribution in [0.5, 0.6) is 0 Å². The lowest BCUT2D eigenvalue weighted by Crippen LogP contribution is -2.14. The summed E-state index contributed by atoms with van der Waals surface area (Å²) in [6, 6.07) is 9.16. The number of halogens is 6. The van der Waals surface area contributed by atoms with E-state index in [-0.39, 0.29) is 40.1 Å². The molecule has 2 heterocycles. The van der Waals surface area contributed by atoms with E-state index >= 15 is 0 Å². The number of aromatic nitrogens is 2. The lowest BCUT2D eigenvalue weighted by atomic mass is 10.0. The summed E-state index contributed by atoms with van der Waals surface area (Å²) in [4.78, 5) is 38.9. The smallest absolute Gasteiger partial charge is 0.433 e. The van der Waals surface area contributed by atoms with Crippen LogP contribution in [0.3, 0.4) is 0 Å². The lowest BCUT2D eigenvalue weighted by molar-refractivity contribution is -0.141. The van der Waals surface area contributed by atoms with Gasteiger partial charge in [0.05, 0.1) is 23.1 Å². The van der Waals surface area contributed by atoms with Crippen molar-refractivity contribution in [3.05, 3.63) is 111 Å². The molecule has 0 atom stereocenters. The Balaban J connectivity index is 0.000000305. The van der Waals surface area contributed by atoms with Crippen LogP contribution in [0.25, 0.3) is 0 Å². The zero-order chi connectivity index (χ0) is 34.9. The van der Waals surface area contributed by atoms with Crippen molar-refractivity contribution in [2.75, 3.05) is 10.6 Å². The van der Waals surface area contributed by atoms with Crippen molar-refractivity contribution in [1.82, 2.24) is 9.97 Å². The molecule has 0 radical (unpaired) electrons. The van der Waals surface area contributed by atoms with Crippen molar-refractivity contribution in [3.63, 3.8) is 0 Å². The predicted molar refractivity (Wildman–Crippen MR) is 160 cm³/mol. The number of anilines is 4. The predicted octanol–water partition coefficient (Wildman–Crippen LogP) is 8.23. The summed E-state index contributed by atoms with van der Waals surface area (Å²) < 4.78 is 77.6. The second kappa shape index (κ2) is 15.6. The summed E-state index contributed by atoms with van der Waals surface area (Å²) in [5, 5.41) is 23.5. The first-order valence-corrected chi connectivity index (χ1v) is 13.5. The van der Waals surface area contributed by atoms with Crippen LogP contribution >= 0.6 is 0 Å². The number of aromatic carboxylic acids is 2. The zero-order valence-electron chi connectivity index (χ0n) is 25.1. The monoisotopic (exact) mass is 652 g/mol. The third-order valence-corrected chi connectivity index (χ3v) is 6.07. The van der Waals surface area contributed by atoms with Gasteiger partial charge < -0.3 is 25.8 Å². The molecular formula is C31H30F6N4O5. The van der Waals surface area contributed by atoms with Crippen LogP contribution < -0.4 is 16.2 Å². The van der Waals surface area contributed by atoms with Crippen molar-refractivity contribution in [2.45, 2.75) is 46.7 Å². The van der Waals surface area contributed by atoms with E-state index in [4.69, 9.17) is 10.2 Å². The van der Waals surface area contributed by atoms with Gasteiger partial charge in [-0.1, -0.05) is 27.7 Å². The first-order chi connectivity index (χ1) is 21.5. The number of nitrogens with zero attached hydrogens (tertiary/aromatic N) is 1. The molecule has 2 aromatic carbocycles. The zero-order valence-corrected chi connectivity index (χ0v) is 25.1. The fourth-order valence-electron chi connectivity index (χ4n) is 3.84. The van der Waals surface area contributed by atoms with Gasteiger partial charge in [-0.25, -0.2) is 27.7 Å².